The average Bonchev–Trinajstić information content (AvgIpc) is 2.71. The highest BCUT2D eigenvalue weighted by Gasteiger charge is 2.21. The van der Waals surface area contributed by atoms with Gasteiger partial charge in [0.15, 0.2) is 0 Å². The first-order chi connectivity index (χ1) is 13.5. The van der Waals surface area contributed by atoms with Crippen molar-refractivity contribution in [1.29, 1.82) is 0 Å². The molecule has 11 heteroatoms. The van der Waals surface area contributed by atoms with Crippen LogP contribution in [0, 0.1) is 12.8 Å². The number of hydrogen-bond acceptors (Lipinski definition) is 9. The number of anilines is 2. The van der Waals surface area contributed by atoms with E-state index in [4.69, 9.17) is 4.74 Å². The Morgan fingerprint density at radius 1 is 1.32 bits per heavy atom. The van der Waals surface area contributed by atoms with E-state index in [-0.39, 0.29) is 24.8 Å². The molecule has 2 amide bonds. The fourth-order valence-electron chi connectivity index (χ4n) is 2.86. The Balaban J connectivity index is 1.98. The number of carbonyl (C=O) groups is 2. The quantitative estimate of drug-likeness (QED) is 0.212. The number of hydrazine groups is 1. The van der Waals surface area contributed by atoms with E-state index < -0.39 is 5.92 Å². The molecule has 2 heterocycles. The number of ether oxygens (including phenoxy) is 1. The molecule has 1 aromatic heterocycles. The van der Waals surface area contributed by atoms with Gasteiger partial charge in [0.1, 0.15) is 5.82 Å². The normalized spacial score (nSPS) is 15.0. The fourth-order valence-corrected chi connectivity index (χ4v) is 2.86. The average molecular weight is 395 g/mol. The molecule has 0 bridgehead atoms. The number of unbranched alkanes of at least 4 members (excludes halogenated alkanes) is 2. The molecule has 0 spiro atoms. The zero-order chi connectivity index (χ0) is 20.4. The number of nitrogens with one attached hydrogen (secondary N) is 2. The first-order valence-corrected chi connectivity index (χ1v) is 9.55. The smallest absolute Gasteiger partial charge is 0.246 e. The van der Waals surface area contributed by atoms with E-state index in [0.29, 0.717) is 49.6 Å². The third kappa shape index (κ3) is 6.89. The molecular formula is C17H29N7O4. The minimum atomic E-state index is -0.545. The molecule has 2 rings (SSSR count). The summed E-state index contributed by atoms with van der Waals surface area (Å²) < 4.78 is 5.33. The zero-order valence-corrected chi connectivity index (χ0v) is 16.4. The second kappa shape index (κ2) is 11.3. The summed E-state index contributed by atoms with van der Waals surface area (Å²) in [7, 11) is 0. The molecule has 1 fully saturated rings. The number of hydroxylamine groups is 2. The molecular weight excluding hydrogens is 366 g/mol. The third-order valence-corrected chi connectivity index (χ3v) is 4.38. The standard InChI is InChI=1S/C17H29N7O4/c1-3-4-5-6-14(11-24(27)12-25)15(26)21-22-16-18-13(2)19-17(20-16)23-7-9-28-10-8-23/h12,14,27H,3-11H2,1-2H3,(H,21,26)(H,18,19,20,22)/t14-/m0/s1. The summed E-state index contributed by atoms with van der Waals surface area (Å²) in [5.74, 6) is 0.384. The van der Waals surface area contributed by atoms with Crippen molar-refractivity contribution in [1.82, 2.24) is 25.4 Å². The molecule has 0 saturated carbocycles. The first kappa shape index (κ1) is 21.8. The molecule has 1 aromatic rings. The molecule has 1 aliphatic rings. The molecule has 0 aliphatic carbocycles. The van der Waals surface area contributed by atoms with E-state index in [0.717, 1.165) is 19.3 Å². The molecule has 1 atom stereocenters. The van der Waals surface area contributed by atoms with Crippen LogP contribution in [-0.4, -0.2) is 70.4 Å². The van der Waals surface area contributed by atoms with Gasteiger partial charge in [-0.3, -0.25) is 25.6 Å². The number of amides is 2. The van der Waals surface area contributed by atoms with Crippen molar-refractivity contribution in [2.24, 2.45) is 5.92 Å². The van der Waals surface area contributed by atoms with Gasteiger partial charge in [-0.2, -0.15) is 15.0 Å². The van der Waals surface area contributed by atoms with Gasteiger partial charge >= 0.3 is 0 Å². The second-order valence-corrected chi connectivity index (χ2v) is 6.64. The molecule has 0 radical (unpaired) electrons. The molecule has 11 nitrogen and oxygen atoms in total. The maximum Gasteiger partial charge on any atom is 0.246 e. The second-order valence-electron chi connectivity index (χ2n) is 6.64. The van der Waals surface area contributed by atoms with Gasteiger partial charge in [0.2, 0.25) is 24.2 Å². The Hall–Kier alpha value is -2.53. The lowest BCUT2D eigenvalue weighted by Gasteiger charge is -2.27. The summed E-state index contributed by atoms with van der Waals surface area (Å²) in [6, 6.07) is 0. The van der Waals surface area contributed by atoms with E-state index in [1.807, 2.05) is 4.90 Å². The minimum Gasteiger partial charge on any atom is -0.378 e. The Morgan fingerprint density at radius 2 is 2.07 bits per heavy atom. The van der Waals surface area contributed by atoms with Gasteiger partial charge in [-0.05, 0) is 13.3 Å². The number of carbonyl (C=O) groups excluding carboxylic acids is 2. The van der Waals surface area contributed by atoms with Gasteiger partial charge in [0, 0.05) is 13.1 Å². The monoisotopic (exact) mass is 395 g/mol. The van der Waals surface area contributed by atoms with Crippen molar-refractivity contribution in [3.8, 4) is 0 Å². The van der Waals surface area contributed by atoms with Crippen molar-refractivity contribution in [3.05, 3.63) is 5.82 Å². The fraction of sp³-hybridized carbons (Fsp3) is 0.706. The highest BCUT2D eigenvalue weighted by atomic mass is 16.5. The predicted octanol–water partition coefficient (Wildman–Crippen LogP) is 0.504. The minimum absolute atomic E-state index is 0.0734. The maximum atomic E-state index is 12.5. The van der Waals surface area contributed by atoms with E-state index in [9.17, 15) is 14.8 Å². The van der Waals surface area contributed by atoms with Crippen LogP contribution in [0.15, 0.2) is 0 Å². The lowest BCUT2D eigenvalue weighted by Crippen LogP contribution is -2.41. The van der Waals surface area contributed by atoms with E-state index in [1.54, 1.807) is 6.92 Å². The first-order valence-electron chi connectivity index (χ1n) is 9.55. The summed E-state index contributed by atoms with van der Waals surface area (Å²) in [4.78, 5) is 38.1. The zero-order valence-electron chi connectivity index (χ0n) is 16.4. The predicted molar refractivity (Wildman–Crippen MR) is 102 cm³/mol. The number of rotatable bonds is 11. The Kier molecular flexibility index (Phi) is 8.82. The van der Waals surface area contributed by atoms with Crippen molar-refractivity contribution in [2.45, 2.75) is 39.5 Å². The van der Waals surface area contributed by atoms with Gasteiger partial charge in [0.25, 0.3) is 0 Å². The molecule has 1 saturated heterocycles. The van der Waals surface area contributed by atoms with Gasteiger partial charge in [-0.15, -0.1) is 0 Å². The van der Waals surface area contributed by atoms with Crippen molar-refractivity contribution in [3.63, 3.8) is 0 Å². The van der Waals surface area contributed by atoms with Crippen LogP contribution < -0.4 is 15.8 Å². The van der Waals surface area contributed by atoms with Crippen LogP contribution in [0.3, 0.4) is 0 Å². The summed E-state index contributed by atoms with van der Waals surface area (Å²) in [5.41, 5.74) is 5.29. The number of hydrogen-bond donors (Lipinski definition) is 3. The third-order valence-electron chi connectivity index (χ3n) is 4.38. The van der Waals surface area contributed by atoms with E-state index >= 15 is 0 Å². The number of aromatic nitrogens is 3. The Morgan fingerprint density at radius 3 is 2.75 bits per heavy atom. The van der Waals surface area contributed by atoms with Gasteiger partial charge in [-0.1, -0.05) is 26.2 Å². The van der Waals surface area contributed by atoms with Crippen molar-refractivity contribution < 1.29 is 19.5 Å². The topological polar surface area (TPSA) is 133 Å². The Labute approximate surface area is 164 Å². The molecule has 0 unspecified atom stereocenters. The molecule has 3 N–H and O–H groups in total. The van der Waals surface area contributed by atoms with Gasteiger partial charge < -0.3 is 9.64 Å². The molecule has 1 aliphatic heterocycles. The van der Waals surface area contributed by atoms with Crippen LogP contribution in [-0.2, 0) is 14.3 Å². The van der Waals surface area contributed by atoms with E-state index in [1.165, 1.54) is 0 Å². The summed E-state index contributed by atoms with van der Waals surface area (Å²) in [6.45, 7) is 6.33. The van der Waals surface area contributed by atoms with Crippen LogP contribution in [0.2, 0.25) is 0 Å². The number of aryl methyl sites for hydroxylation is 1. The highest BCUT2D eigenvalue weighted by Crippen LogP contribution is 2.13. The molecule has 156 valence electrons. The largest absolute Gasteiger partial charge is 0.378 e. The van der Waals surface area contributed by atoms with Crippen molar-refractivity contribution >= 4 is 24.2 Å². The van der Waals surface area contributed by atoms with Crippen LogP contribution in [0.5, 0.6) is 0 Å². The van der Waals surface area contributed by atoms with Crippen molar-refractivity contribution in [2.75, 3.05) is 43.2 Å². The Bertz CT molecular complexity index is 640. The molecule has 0 aromatic carbocycles. The number of nitrogens with zero attached hydrogens (tertiary/aromatic N) is 5. The maximum absolute atomic E-state index is 12.5. The lowest BCUT2D eigenvalue weighted by molar-refractivity contribution is -0.154. The van der Waals surface area contributed by atoms with E-state index in [2.05, 4.69) is 32.7 Å². The van der Waals surface area contributed by atoms with Crippen LogP contribution in [0.25, 0.3) is 0 Å². The summed E-state index contributed by atoms with van der Waals surface area (Å²) in [5, 5.41) is 9.94. The lowest BCUT2D eigenvalue weighted by atomic mass is 10.0. The molecule has 28 heavy (non-hydrogen) atoms. The van der Waals surface area contributed by atoms with Crippen LogP contribution >= 0.6 is 0 Å². The highest BCUT2D eigenvalue weighted by molar-refractivity contribution is 5.80. The van der Waals surface area contributed by atoms with Gasteiger partial charge in [0.05, 0.1) is 25.7 Å². The SMILES string of the molecule is CCCCC[C@@H](CN(O)C=O)C(=O)NNc1nc(C)nc(N2CCOCC2)n1. The van der Waals surface area contributed by atoms with Crippen LogP contribution in [0.1, 0.15) is 38.4 Å². The number of morpholine rings is 1. The van der Waals surface area contributed by atoms with Gasteiger partial charge in [-0.25, -0.2) is 5.06 Å². The van der Waals surface area contributed by atoms with Crippen LogP contribution in [0.4, 0.5) is 11.9 Å². The summed E-state index contributed by atoms with van der Waals surface area (Å²) in [6.07, 6.45) is 3.66. The summed E-state index contributed by atoms with van der Waals surface area (Å²) >= 11 is 0.